The van der Waals surface area contributed by atoms with E-state index in [1.54, 1.807) is 0 Å². The van der Waals surface area contributed by atoms with Crippen molar-refractivity contribution in [1.29, 1.82) is 0 Å². The highest BCUT2D eigenvalue weighted by atomic mass is 16.4. The lowest BCUT2D eigenvalue weighted by Crippen LogP contribution is -2.45. The molecule has 1 unspecified atom stereocenters. The molecule has 1 atom stereocenters. The third kappa shape index (κ3) is 2.98. The first-order chi connectivity index (χ1) is 9.96. The molecule has 0 amide bonds. The number of aliphatic carboxylic acids is 1. The molecule has 1 aromatic carbocycles. The van der Waals surface area contributed by atoms with Crippen LogP contribution in [-0.4, -0.2) is 28.6 Å². The van der Waals surface area contributed by atoms with E-state index in [0.29, 0.717) is 18.0 Å². The molecule has 21 heavy (non-hydrogen) atoms. The Kier molecular flexibility index (Phi) is 3.78. The Morgan fingerprint density at radius 2 is 1.90 bits per heavy atom. The van der Waals surface area contributed by atoms with Gasteiger partial charge in [0.05, 0.1) is 5.92 Å². The highest BCUT2D eigenvalue weighted by molar-refractivity contribution is 5.77. The Balaban J connectivity index is 1.79. The fourth-order valence-electron chi connectivity index (χ4n) is 3.87. The number of fused-ring (bicyclic) bond motifs is 1. The Morgan fingerprint density at radius 3 is 2.57 bits per heavy atom. The van der Waals surface area contributed by atoms with Gasteiger partial charge in [-0.15, -0.1) is 0 Å². The van der Waals surface area contributed by atoms with Crippen LogP contribution in [-0.2, 0) is 11.3 Å². The maximum Gasteiger partial charge on any atom is 0.312 e. The van der Waals surface area contributed by atoms with Crippen molar-refractivity contribution in [2.24, 2.45) is 5.41 Å². The Morgan fingerprint density at radius 1 is 1.24 bits per heavy atom. The lowest BCUT2D eigenvalue weighted by atomic mass is 9.74. The maximum absolute atomic E-state index is 11.6. The average Bonchev–Trinajstić information content (AvgIpc) is 2.46. The van der Waals surface area contributed by atoms with Crippen LogP contribution in [0.2, 0.25) is 0 Å². The maximum atomic E-state index is 11.6. The van der Waals surface area contributed by atoms with Crippen LogP contribution in [0.1, 0.15) is 56.6 Å². The molecular formula is C18H25NO2. The molecule has 0 radical (unpaired) electrons. The standard InChI is InChI=1S/C18H25NO2/c1-18(2)9-7-14(8-10-18)19-11-13-5-3-4-6-15(13)16(12-19)17(20)21/h3-6,14,16H,7-12H2,1-2H3,(H,20,21). The van der Waals surface area contributed by atoms with Gasteiger partial charge in [-0.25, -0.2) is 0 Å². The van der Waals surface area contributed by atoms with Gasteiger partial charge in [0.15, 0.2) is 0 Å². The van der Waals surface area contributed by atoms with Crippen molar-refractivity contribution in [1.82, 2.24) is 4.90 Å². The van der Waals surface area contributed by atoms with Gasteiger partial charge in [0.2, 0.25) is 0 Å². The lowest BCUT2D eigenvalue weighted by Gasteiger charge is -2.43. The molecular weight excluding hydrogens is 262 g/mol. The molecule has 1 saturated carbocycles. The van der Waals surface area contributed by atoms with Gasteiger partial charge in [0, 0.05) is 19.1 Å². The van der Waals surface area contributed by atoms with Gasteiger partial charge in [-0.3, -0.25) is 9.69 Å². The Hall–Kier alpha value is -1.35. The Labute approximate surface area is 127 Å². The molecule has 3 rings (SSSR count). The van der Waals surface area contributed by atoms with Crippen molar-refractivity contribution in [2.75, 3.05) is 6.54 Å². The van der Waals surface area contributed by atoms with E-state index in [-0.39, 0.29) is 5.92 Å². The number of carboxylic acids is 1. The van der Waals surface area contributed by atoms with E-state index in [1.165, 1.54) is 31.2 Å². The van der Waals surface area contributed by atoms with Crippen LogP contribution >= 0.6 is 0 Å². The molecule has 1 aliphatic carbocycles. The molecule has 0 spiro atoms. The molecule has 3 heteroatoms. The van der Waals surface area contributed by atoms with E-state index >= 15 is 0 Å². The molecule has 1 fully saturated rings. The van der Waals surface area contributed by atoms with Crippen LogP contribution in [0.4, 0.5) is 0 Å². The summed E-state index contributed by atoms with van der Waals surface area (Å²) in [6, 6.07) is 8.59. The predicted molar refractivity (Wildman–Crippen MR) is 83.3 cm³/mol. The van der Waals surface area contributed by atoms with Gasteiger partial charge < -0.3 is 5.11 Å². The fourth-order valence-corrected chi connectivity index (χ4v) is 3.87. The molecule has 1 heterocycles. The summed E-state index contributed by atoms with van der Waals surface area (Å²) in [5, 5.41) is 9.56. The summed E-state index contributed by atoms with van der Waals surface area (Å²) in [7, 11) is 0. The van der Waals surface area contributed by atoms with Crippen LogP contribution in [0.25, 0.3) is 0 Å². The minimum absolute atomic E-state index is 0.370. The van der Waals surface area contributed by atoms with Crippen molar-refractivity contribution in [2.45, 2.75) is 58.0 Å². The van der Waals surface area contributed by atoms with E-state index in [1.807, 2.05) is 18.2 Å². The first kappa shape index (κ1) is 14.6. The zero-order valence-electron chi connectivity index (χ0n) is 13.0. The number of benzene rings is 1. The number of rotatable bonds is 2. The topological polar surface area (TPSA) is 40.5 Å². The van der Waals surface area contributed by atoms with E-state index in [4.69, 9.17) is 0 Å². The van der Waals surface area contributed by atoms with Gasteiger partial charge in [-0.2, -0.15) is 0 Å². The van der Waals surface area contributed by atoms with Crippen molar-refractivity contribution in [3.8, 4) is 0 Å². The number of hydrogen-bond acceptors (Lipinski definition) is 2. The largest absolute Gasteiger partial charge is 0.481 e. The van der Waals surface area contributed by atoms with Crippen LogP contribution in [0, 0.1) is 5.41 Å². The lowest BCUT2D eigenvalue weighted by molar-refractivity contribution is -0.140. The van der Waals surface area contributed by atoms with E-state index in [9.17, 15) is 9.90 Å². The van der Waals surface area contributed by atoms with Crippen molar-refractivity contribution < 1.29 is 9.90 Å². The molecule has 0 saturated heterocycles. The summed E-state index contributed by atoms with van der Waals surface area (Å²) in [5.74, 6) is -1.06. The fraction of sp³-hybridized carbons (Fsp3) is 0.611. The second kappa shape index (κ2) is 5.45. The zero-order valence-corrected chi connectivity index (χ0v) is 13.0. The number of hydrogen-bond donors (Lipinski definition) is 1. The minimum Gasteiger partial charge on any atom is -0.481 e. The summed E-state index contributed by atoms with van der Waals surface area (Å²) in [6.07, 6.45) is 4.88. The van der Waals surface area contributed by atoms with E-state index in [2.05, 4.69) is 24.8 Å². The molecule has 2 aliphatic rings. The summed E-state index contributed by atoms with van der Waals surface area (Å²) in [6.45, 7) is 6.26. The third-order valence-corrected chi connectivity index (χ3v) is 5.34. The zero-order chi connectivity index (χ0) is 15.0. The van der Waals surface area contributed by atoms with Gasteiger partial charge in [-0.05, 0) is 42.2 Å². The van der Waals surface area contributed by atoms with Crippen LogP contribution in [0.5, 0.6) is 0 Å². The number of carboxylic acid groups (broad SMARTS) is 1. The van der Waals surface area contributed by atoms with E-state index in [0.717, 1.165) is 12.1 Å². The molecule has 1 aliphatic heterocycles. The molecule has 3 nitrogen and oxygen atoms in total. The van der Waals surface area contributed by atoms with Crippen molar-refractivity contribution in [3.05, 3.63) is 35.4 Å². The first-order valence-corrected chi connectivity index (χ1v) is 8.01. The highest BCUT2D eigenvalue weighted by Crippen LogP contribution is 2.39. The second-order valence-corrected chi connectivity index (χ2v) is 7.41. The first-order valence-electron chi connectivity index (χ1n) is 8.01. The third-order valence-electron chi connectivity index (χ3n) is 5.34. The second-order valence-electron chi connectivity index (χ2n) is 7.41. The van der Waals surface area contributed by atoms with Gasteiger partial charge in [0.1, 0.15) is 0 Å². The normalized spacial score (nSPS) is 26.3. The molecule has 0 aromatic heterocycles. The quantitative estimate of drug-likeness (QED) is 0.903. The summed E-state index contributed by atoms with van der Waals surface area (Å²) >= 11 is 0. The average molecular weight is 287 g/mol. The van der Waals surface area contributed by atoms with Gasteiger partial charge in [-0.1, -0.05) is 38.1 Å². The summed E-state index contributed by atoms with van der Waals surface area (Å²) < 4.78 is 0. The number of nitrogens with zero attached hydrogens (tertiary/aromatic N) is 1. The molecule has 114 valence electrons. The van der Waals surface area contributed by atoms with Crippen molar-refractivity contribution in [3.63, 3.8) is 0 Å². The number of carbonyl (C=O) groups is 1. The van der Waals surface area contributed by atoms with Crippen LogP contribution < -0.4 is 0 Å². The smallest absolute Gasteiger partial charge is 0.312 e. The van der Waals surface area contributed by atoms with E-state index < -0.39 is 5.97 Å². The van der Waals surface area contributed by atoms with Gasteiger partial charge >= 0.3 is 5.97 Å². The minimum atomic E-state index is -0.691. The summed E-state index contributed by atoms with van der Waals surface area (Å²) in [5.41, 5.74) is 2.66. The summed E-state index contributed by atoms with van der Waals surface area (Å²) in [4.78, 5) is 14.0. The predicted octanol–water partition coefficient (Wildman–Crippen LogP) is 3.64. The molecule has 1 aromatic rings. The molecule has 1 N–H and O–H groups in total. The highest BCUT2D eigenvalue weighted by Gasteiger charge is 2.36. The van der Waals surface area contributed by atoms with Crippen LogP contribution in [0.15, 0.2) is 24.3 Å². The Bertz CT molecular complexity index is 528. The monoisotopic (exact) mass is 287 g/mol. The van der Waals surface area contributed by atoms with Gasteiger partial charge in [0.25, 0.3) is 0 Å². The van der Waals surface area contributed by atoms with Crippen LogP contribution in [0.3, 0.4) is 0 Å². The molecule has 0 bridgehead atoms. The van der Waals surface area contributed by atoms with Crippen molar-refractivity contribution >= 4 is 5.97 Å². The SMILES string of the molecule is CC1(C)CCC(N2Cc3ccccc3C(C(=O)O)C2)CC1.